The maximum absolute atomic E-state index is 11.1. The van der Waals surface area contributed by atoms with Crippen LogP contribution in [0.15, 0.2) is 0 Å². The van der Waals surface area contributed by atoms with Gasteiger partial charge in [-0.2, -0.15) is 0 Å². The molecule has 1 aliphatic rings. The fourth-order valence-corrected chi connectivity index (χ4v) is 1.34. The number of rotatable bonds is 1. The number of carbonyl (C=O) groups excluding carboxylic acids is 2. The first-order valence-corrected chi connectivity index (χ1v) is 3.85. The minimum atomic E-state index is -0.465. The van der Waals surface area contributed by atoms with E-state index in [1.54, 1.807) is 6.42 Å². The molecule has 1 fully saturated rings. The maximum Gasteiger partial charge on any atom is 0.328 e. The highest BCUT2D eigenvalue weighted by Crippen LogP contribution is 2.16. The number of likely N-dealkylation sites (tertiary alicyclic amines) is 1. The monoisotopic (exact) mass is 170 g/mol. The van der Waals surface area contributed by atoms with E-state index in [-0.39, 0.29) is 11.9 Å². The van der Waals surface area contributed by atoms with Gasteiger partial charge < -0.3 is 9.64 Å². The van der Waals surface area contributed by atoms with Gasteiger partial charge in [-0.1, -0.05) is 0 Å². The van der Waals surface area contributed by atoms with Crippen LogP contribution in [0.2, 0.25) is 0 Å². The summed E-state index contributed by atoms with van der Waals surface area (Å²) in [5.74, 6) is -0.443. The van der Waals surface area contributed by atoms with Crippen molar-refractivity contribution >= 4 is 11.9 Å². The number of carbonyl (C=O) groups is 2. The zero-order valence-corrected chi connectivity index (χ0v) is 7.24. The summed E-state index contributed by atoms with van der Waals surface area (Å²) < 4.78 is 4.55. The molecule has 0 aromatic rings. The van der Waals surface area contributed by atoms with Gasteiger partial charge in [-0.05, 0) is 12.8 Å². The average Bonchev–Trinajstić information content (AvgIpc) is 2.50. The van der Waals surface area contributed by atoms with Gasteiger partial charge in [-0.3, -0.25) is 4.79 Å². The molecule has 1 amide bonds. The van der Waals surface area contributed by atoms with Gasteiger partial charge in [0, 0.05) is 13.5 Å². The van der Waals surface area contributed by atoms with E-state index in [4.69, 9.17) is 0 Å². The van der Waals surface area contributed by atoms with E-state index in [9.17, 15) is 9.59 Å². The van der Waals surface area contributed by atoms with Crippen molar-refractivity contribution < 1.29 is 14.3 Å². The van der Waals surface area contributed by atoms with Gasteiger partial charge in [0.15, 0.2) is 0 Å². The highest BCUT2D eigenvalue weighted by Gasteiger charge is 2.33. The smallest absolute Gasteiger partial charge is 0.328 e. The van der Waals surface area contributed by atoms with Crippen molar-refractivity contribution in [3.8, 4) is 0 Å². The predicted octanol–water partition coefficient (Wildman–Crippen LogP) is -0.0155. The molecule has 1 atom stereocenters. The lowest BCUT2D eigenvalue weighted by atomic mass is 10.2. The molecule has 0 bridgehead atoms. The second-order valence-corrected chi connectivity index (χ2v) is 2.70. The van der Waals surface area contributed by atoms with Crippen LogP contribution in [0.5, 0.6) is 0 Å². The predicted molar refractivity (Wildman–Crippen MR) is 42.1 cm³/mol. The van der Waals surface area contributed by atoms with E-state index in [0.717, 1.165) is 6.42 Å². The van der Waals surface area contributed by atoms with Crippen molar-refractivity contribution in [3.05, 3.63) is 6.42 Å². The molecule has 0 aliphatic carbocycles. The summed E-state index contributed by atoms with van der Waals surface area (Å²) in [5, 5.41) is 0. The first kappa shape index (κ1) is 9.03. The fraction of sp³-hybridized carbons (Fsp3) is 0.625. The van der Waals surface area contributed by atoms with E-state index in [0.29, 0.717) is 6.54 Å². The molecule has 1 saturated heterocycles. The molecule has 1 aliphatic heterocycles. The molecule has 0 aromatic carbocycles. The van der Waals surface area contributed by atoms with Gasteiger partial charge in [-0.25, -0.2) is 4.79 Å². The third-order valence-corrected chi connectivity index (χ3v) is 1.94. The molecule has 1 rings (SSSR count). The SMILES string of the molecule is COC(=O)C1[CH]CCN1C(C)=O. The second-order valence-electron chi connectivity index (χ2n) is 2.70. The average molecular weight is 170 g/mol. The molecule has 4 heteroatoms. The van der Waals surface area contributed by atoms with E-state index in [1.807, 2.05) is 0 Å². The topological polar surface area (TPSA) is 46.6 Å². The molecule has 1 unspecified atom stereocenters. The molecular weight excluding hydrogens is 158 g/mol. The first-order valence-electron chi connectivity index (χ1n) is 3.85. The van der Waals surface area contributed by atoms with E-state index in [2.05, 4.69) is 4.74 Å². The molecule has 0 spiro atoms. The molecule has 67 valence electrons. The summed E-state index contributed by atoms with van der Waals surface area (Å²) in [6, 6.07) is -0.465. The lowest BCUT2D eigenvalue weighted by Crippen LogP contribution is -2.39. The van der Waals surface area contributed by atoms with Crippen molar-refractivity contribution in [1.82, 2.24) is 4.90 Å². The Labute approximate surface area is 71.5 Å². The van der Waals surface area contributed by atoms with Gasteiger partial charge in [0.2, 0.25) is 5.91 Å². The normalized spacial score (nSPS) is 22.5. The van der Waals surface area contributed by atoms with Gasteiger partial charge in [0.25, 0.3) is 0 Å². The van der Waals surface area contributed by atoms with Crippen LogP contribution >= 0.6 is 0 Å². The third kappa shape index (κ3) is 1.57. The second kappa shape index (κ2) is 3.56. The summed E-state index contributed by atoms with van der Waals surface area (Å²) in [6.07, 6.45) is 2.56. The van der Waals surface area contributed by atoms with Crippen molar-refractivity contribution in [2.24, 2.45) is 0 Å². The lowest BCUT2D eigenvalue weighted by molar-refractivity contribution is -0.149. The summed E-state index contributed by atoms with van der Waals surface area (Å²) >= 11 is 0. The highest BCUT2D eigenvalue weighted by atomic mass is 16.5. The molecule has 1 heterocycles. The van der Waals surface area contributed by atoms with Crippen LogP contribution in [0.3, 0.4) is 0 Å². The van der Waals surface area contributed by atoms with Crippen molar-refractivity contribution in [2.75, 3.05) is 13.7 Å². The number of nitrogens with zero attached hydrogens (tertiary/aromatic N) is 1. The Morgan fingerprint density at radius 1 is 1.58 bits per heavy atom. The fourth-order valence-electron chi connectivity index (χ4n) is 1.34. The Morgan fingerprint density at radius 3 is 2.75 bits per heavy atom. The molecule has 0 N–H and O–H groups in total. The van der Waals surface area contributed by atoms with Crippen molar-refractivity contribution in [3.63, 3.8) is 0 Å². The standard InChI is InChI=1S/C8H12NO3/c1-6(10)9-5-3-4-7(9)8(11)12-2/h4,7H,3,5H2,1-2H3. The zero-order chi connectivity index (χ0) is 9.14. The summed E-state index contributed by atoms with van der Waals surface area (Å²) in [4.78, 5) is 23.6. The maximum atomic E-state index is 11.1. The van der Waals surface area contributed by atoms with Crippen molar-refractivity contribution in [1.29, 1.82) is 0 Å². The van der Waals surface area contributed by atoms with Crippen LogP contribution < -0.4 is 0 Å². The largest absolute Gasteiger partial charge is 0.467 e. The Bertz CT molecular complexity index is 202. The molecule has 0 saturated carbocycles. The minimum Gasteiger partial charge on any atom is -0.467 e. The molecule has 0 aromatic heterocycles. The van der Waals surface area contributed by atoms with Gasteiger partial charge in [0.1, 0.15) is 6.04 Å². The quantitative estimate of drug-likeness (QED) is 0.520. The molecular formula is C8H12NO3. The molecule has 1 radical (unpaired) electrons. The van der Waals surface area contributed by atoms with Gasteiger partial charge in [0.05, 0.1) is 7.11 Å². The summed E-state index contributed by atoms with van der Waals surface area (Å²) in [5.41, 5.74) is 0. The number of esters is 1. The Kier molecular flexibility index (Phi) is 2.68. The number of amides is 1. The number of hydrogen-bond acceptors (Lipinski definition) is 3. The molecule has 4 nitrogen and oxygen atoms in total. The first-order chi connectivity index (χ1) is 5.66. The van der Waals surface area contributed by atoms with Crippen LogP contribution in [0.1, 0.15) is 13.3 Å². The summed E-state index contributed by atoms with van der Waals surface area (Å²) in [7, 11) is 1.33. The number of hydrogen-bond donors (Lipinski definition) is 0. The van der Waals surface area contributed by atoms with E-state index in [1.165, 1.54) is 18.9 Å². The number of ether oxygens (including phenoxy) is 1. The summed E-state index contributed by atoms with van der Waals surface area (Å²) in [6.45, 7) is 2.07. The Morgan fingerprint density at radius 2 is 2.25 bits per heavy atom. The van der Waals surface area contributed by atoms with Crippen LogP contribution in [0.4, 0.5) is 0 Å². The Balaban J connectivity index is 2.63. The molecule has 12 heavy (non-hydrogen) atoms. The van der Waals surface area contributed by atoms with Crippen LogP contribution in [-0.4, -0.2) is 36.5 Å². The lowest BCUT2D eigenvalue weighted by Gasteiger charge is -2.20. The zero-order valence-electron chi connectivity index (χ0n) is 7.24. The van der Waals surface area contributed by atoms with Gasteiger partial charge >= 0.3 is 5.97 Å². The van der Waals surface area contributed by atoms with E-state index >= 15 is 0 Å². The minimum absolute atomic E-state index is 0.0841. The van der Waals surface area contributed by atoms with Crippen LogP contribution in [-0.2, 0) is 14.3 Å². The van der Waals surface area contributed by atoms with Crippen LogP contribution in [0.25, 0.3) is 0 Å². The third-order valence-electron chi connectivity index (χ3n) is 1.94. The van der Waals surface area contributed by atoms with Crippen LogP contribution in [0, 0.1) is 6.42 Å². The highest BCUT2D eigenvalue weighted by molar-refractivity contribution is 5.85. The number of methoxy groups -OCH3 is 1. The Hall–Kier alpha value is -1.06. The van der Waals surface area contributed by atoms with Crippen molar-refractivity contribution in [2.45, 2.75) is 19.4 Å². The van der Waals surface area contributed by atoms with Gasteiger partial charge in [-0.15, -0.1) is 0 Å². The van der Waals surface area contributed by atoms with E-state index < -0.39 is 6.04 Å².